The van der Waals surface area contributed by atoms with Crippen molar-refractivity contribution < 1.29 is 0 Å². The zero-order valence-corrected chi connectivity index (χ0v) is 35.2. The first-order valence-corrected chi connectivity index (χ1v) is 23.6. The molecule has 0 aliphatic rings. The van der Waals surface area contributed by atoms with Gasteiger partial charge in [0.05, 0.1) is 17.7 Å². The molecule has 0 bridgehead atoms. The summed E-state index contributed by atoms with van der Waals surface area (Å²) in [6.07, 6.45) is 0.806. The lowest BCUT2D eigenvalue weighted by molar-refractivity contribution is 0.396. The van der Waals surface area contributed by atoms with Crippen LogP contribution in [0.4, 0.5) is 0 Å². The van der Waals surface area contributed by atoms with Gasteiger partial charge in [0.15, 0.2) is 11.2 Å². The van der Waals surface area contributed by atoms with Crippen molar-refractivity contribution in [1.29, 1.82) is 0 Å². The molecule has 4 heterocycles. The Morgan fingerprint density at radius 3 is 1.95 bits per heavy atom. The van der Waals surface area contributed by atoms with E-state index in [0.29, 0.717) is 12.4 Å². The molecule has 59 heavy (non-hydrogen) atoms. The van der Waals surface area contributed by atoms with E-state index in [1.807, 2.05) is 48.0 Å². The molecule has 0 spiro atoms. The number of hydrogen-bond donors (Lipinski definition) is 0. The van der Waals surface area contributed by atoms with Gasteiger partial charge in [0, 0.05) is 23.1 Å². The summed E-state index contributed by atoms with van der Waals surface area (Å²) in [4.78, 5) is 11.7. The molecule has 5 aromatic carbocycles. The minimum atomic E-state index is -1.80. The van der Waals surface area contributed by atoms with Crippen molar-refractivity contribution >= 4 is 30.1 Å². The summed E-state index contributed by atoms with van der Waals surface area (Å²) in [6.45, 7) is 13.7. The molecule has 0 amide bonds. The molecule has 4 aromatic heterocycles. The Bertz CT molecular complexity index is 2920. The molecule has 0 radical (unpaired) electrons. The Kier molecular flexibility index (Phi) is 9.61. The maximum atomic E-state index is 5.26. The molecule has 9 rings (SSSR count). The number of aromatic nitrogens is 9. The predicted molar refractivity (Wildman–Crippen MR) is 238 cm³/mol. The molecule has 9 aromatic rings. The fourth-order valence-electron chi connectivity index (χ4n) is 8.03. The highest BCUT2D eigenvalue weighted by atomic mass is 28.3. The summed E-state index contributed by atoms with van der Waals surface area (Å²) in [6, 6.07) is 47.9. The average molecular weight is 788 g/mol. The van der Waals surface area contributed by atoms with E-state index in [4.69, 9.17) is 30.5 Å². The van der Waals surface area contributed by atoms with Crippen LogP contribution in [-0.4, -0.2) is 52.6 Å². The highest BCUT2D eigenvalue weighted by Gasteiger charge is 2.41. The van der Waals surface area contributed by atoms with E-state index in [0.717, 1.165) is 84.8 Å². The van der Waals surface area contributed by atoms with E-state index in [-0.39, 0.29) is 0 Å². The fraction of sp³-hybridized carbons (Fsp3) is 0.184. The molecule has 0 unspecified atom stereocenters. The second-order valence-electron chi connectivity index (χ2n) is 16.1. The molecule has 0 atom stereocenters. The van der Waals surface area contributed by atoms with E-state index in [1.165, 1.54) is 0 Å². The summed E-state index contributed by atoms with van der Waals surface area (Å²) in [5.74, 6) is 5.12. The van der Waals surface area contributed by atoms with Crippen LogP contribution in [0.5, 0.6) is 0 Å². The molecule has 0 N–H and O–H groups in total. The molecule has 10 heteroatoms. The molecule has 0 fully saturated rings. The van der Waals surface area contributed by atoms with E-state index in [9.17, 15) is 0 Å². The maximum absolute atomic E-state index is 5.26. The number of pyridine rings is 1. The van der Waals surface area contributed by atoms with Gasteiger partial charge in [0.25, 0.3) is 0 Å². The Morgan fingerprint density at radius 2 is 1.32 bits per heavy atom. The minimum Gasteiger partial charge on any atom is -0.308 e. The molecule has 0 aliphatic carbocycles. The number of rotatable bonds is 9. The number of tetrazole rings is 1. The third kappa shape index (κ3) is 6.83. The van der Waals surface area contributed by atoms with E-state index in [2.05, 4.69) is 153 Å². The van der Waals surface area contributed by atoms with Crippen LogP contribution >= 0.6 is 0 Å². The normalized spacial score (nSPS) is 11.9. The first kappa shape index (κ1) is 37.6. The van der Waals surface area contributed by atoms with Gasteiger partial charge in [0.1, 0.15) is 25.1 Å². The molecule has 0 saturated heterocycles. The molecular formula is C49H45N9Si. The SMILES string of the molecule is CCc1nc2c(C)cc(C)nc2n1Cc1ccc2nn(-c3ccccc3-c3nnn(C(c4ccccc4)(c4ccccc4)c4ccccc4)n3)c(C#C[Si](C)(C)C)c2c1. The fourth-order valence-corrected chi connectivity index (χ4v) is 8.53. The minimum absolute atomic E-state index is 0.481. The summed E-state index contributed by atoms with van der Waals surface area (Å²) in [5, 5.41) is 21.1. The Morgan fingerprint density at radius 1 is 0.695 bits per heavy atom. The van der Waals surface area contributed by atoms with Crippen LogP contribution in [0.25, 0.3) is 39.1 Å². The van der Waals surface area contributed by atoms with E-state index < -0.39 is 13.6 Å². The van der Waals surface area contributed by atoms with Gasteiger partial charge in [-0.15, -0.1) is 20.5 Å². The summed E-state index contributed by atoms with van der Waals surface area (Å²) >= 11 is 0. The van der Waals surface area contributed by atoms with Crippen molar-refractivity contribution in [2.45, 2.75) is 58.9 Å². The first-order chi connectivity index (χ1) is 28.6. The largest absolute Gasteiger partial charge is 0.308 e. The number of benzene rings is 5. The van der Waals surface area contributed by atoms with Crippen LogP contribution in [0.2, 0.25) is 19.6 Å². The number of hydrogen-bond acceptors (Lipinski definition) is 6. The molecule has 9 nitrogen and oxygen atoms in total. The lowest BCUT2D eigenvalue weighted by atomic mass is 9.77. The zero-order valence-electron chi connectivity index (χ0n) is 34.2. The van der Waals surface area contributed by atoms with Gasteiger partial charge in [0.2, 0.25) is 5.82 Å². The van der Waals surface area contributed by atoms with Gasteiger partial charge in [-0.3, -0.25) is 0 Å². The van der Waals surface area contributed by atoms with Gasteiger partial charge in [-0.25, -0.2) is 14.6 Å². The number of para-hydroxylation sites is 1. The topological polar surface area (TPSA) is 92.1 Å². The Hall–Kier alpha value is -6.96. The van der Waals surface area contributed by atoms with Crippen LogP contribution in [-0.2, 0) is 18.5 Å². The smallest absolute Gasteiger partial charge is 0.207 e. The van der Waals surface area contributed by atoms with Crippen LogP contribution in [0, 0.1) is 25.3 Å². The van der Waals surface area contributed by atoms with E-state index >= 15 is 0 Å². The highest BCUT2D eigenvalue weighted by molar-refractivity contribution is 6.83. The van der Waals surface area contributed by atoms with Crippen LogP contribution < -0.4 is 0 Å². The zero-order chi connectivity index (χ0) is 40.7. The van der Waals surface area contributed by atoms with E-state index in [1.54, 1.807) is 4.80 Å². The standard InChI is InChI=1S/C49H45N9Si/c1-7-45-51-46-34(2)31-35(3)50-48(46)56(45)33-36-27-28-42-41(32-36)44(29-30-59(4,5)6)57(53-42)43-26-18-17-25-40(43)47-52-55-58(54-47)49(37-19-11-8-12-20-37,38-21-13-9-14-22-38)39-23-15-10-16-24-39/h8-28,31-32H,7,33H2,1-6H3. The molecular weight excluding hydrogens is 743 g/mol. The number of imidazole rings is 1. The number of fused-ring (bicyclic) bond motifs is 2. The van der Waals surface area contributed by atoms with Gasteiger partial charge in [-0.2, -0.15) is 5.10 Å². The van der Waals surface area contributed by atoms with Crippen molar-refractivity contribution in [2.24, 2.45) is 0 Å². The van der Waals surface area contributed by atoms with Crippen LogP contribution in [0.3, 0.4) is 0 Å². The molecule has 0 saturated carbocycles. The average Bonchev–Trinajstić information content (AvgIpc) is 3.98. The van der Waals surface area contributed by atoms with Crippen molar-refractivity contribution in [1.82, 2.24) is 44.5 Å². The second-order valence-corrected chi connectivity index (χ2v) is 20.8. The number of aryl methyl sites for hydroxylation is 3. The summed E-state index contributed by atoms with van der Waals surface area (Å²) < 4.78 is 4.22. The molecule has 0 aliphatic heterocycles. The summed E-state index contributed by atoms with van der Waals surface area (Å²) in [7, 11) is -1.80. The van der Waals surface area contributed by atoms with Crippen molar-refractivity contribution in [3.05, 3.63) is 185 Å². The number of nitrogens with zero attached hydrogens (tertiary/aromatic N) is 9. The summed E-state index contributed by atoms with van der Waals surface area (Å²) in [5.41, 5.74) is 14.2. The lowest BCUT2D eigenvalue weighted by Crippen LogP contribution is -2.39. The molecule has 290 valence electrons. The highest BCUT2D eigenvalue weighted by Crippen LogP contribution is 2.40. The van der Waals surface area contributed by atoms with Gasteiger partial charge < -0.3 is 4.57 Å². The Labute approximate surface area is 345 Å². The monoisotopic (exact) mass is 787 g/mol. The van der Waals surface area contributed by atoms with Crippen LogP contribution in [0.1, 0.15) is 52.0 Å². The second kappa shape index (κ2) is 15.1. The van der Waals surface area contributed by atoms with Crippen molar-refractivity contribution in [3.63, 3.8) is 0 Å². The third-order valence-corrected chi connectivity index (χ3v) is 11.6. The van der Waals surface area contributed by atoms with Gasteiger partial charge in [-0.05, 0) is 77.2 Å². The quantitative estimate of drug-likeness (QED) is 0.0822. The van der Waals surface area contributed by atoms with Gasteiger partial charge >= 0.3 is 0 Å². The first-order valence-electron chi connectivity index (χ1n) is 20.1. The maximum Gasteiger partial charge on any atom is 0.207 e. The Balaban J connectivity index is 1.20. The van der Waals surface area contributed by atoms with Crippen molar-refractivity contribution in [3.8, 4) is 28.5 Å². The van der Waals surface area contributed by atoms with Gasteiger partial charge in [-0.1, -0.05) is 142 Å². The van der Waals surface area contributed by atoms with Crippen LogP contribution in [0.15, 0.2) is 140 Å². The third-order valence-electron chi connectivity index (χ3n) is 10.7. The lowest BCUT2D eigenvalue weighted by Gasteiger charge is -2.34. The predicted octanol–water partition coefficient (Wildman–Crippen LogP) is 9.72. The van der Waals surface area contributed by atoms with Crippen molar-refractivity contribution in [2.75, 3.05) is 0 Å².